The SMILES string of the molecule is CCNC(=NCc1ccc(CN2CCOCC2)cc1)NC1CCN(C(=O)CC)C1. The van der Waals surface area contributed by atoms with Crippen molar-refractivity contribution in [2.24, 2.45) is 4.99 Å². The lowest BCUT2D eigenvalue weighted by molar-refractivity contribution is -0.129. The van der Waals surface area contributed by atoms with E-state index in [1.54, 1.807) is 0 Å². The first-order valence-electron chi connectivity index (χ1n) is 10.9. The molecule has 0 aromatic heterocycles. The number of rotatable bonds is 7. The molecule has 1 aromatic rings. The summed E-state index contributed by atoms with van der Waals surface area (Å²) in [5, 5.41) is 6.81. The zero-order valence-electron chi connectivity index (χ0n) is 17.8. The molecule has 1 unspecified atom stereocenters. The first-order valence-corrected chi connectivity index (χ1v) is 10.9. The number of aliphatic imine (C=N–C) groups is 1. The van der Waals surface area contributed by atoms with Crippen molar-refractivity contribution in [3.8, 4) is 0 Å². The van der Waals surface area contributed by atoms with E-state index in [1.165, 1.54) is 11.1 Å². The fourth-order valence-corrected chi connectivity index (χ4v) is 3.78. The standard InChI is InChI=1S/C22H35N5O2/c1-3-21(28)27-10-9-20(17-27)25-22(23-4-2)24-15-18-5-7-19(8-6-18)16-26-11-13-29-14-12-26/h5-8,20H,3-4,9-17H2,1-2H3,(H2,23,24,25). The monoisotopic (exact) mass is 401 g/mol. The van der Waals surface area contributed by atoms with Crippen LogP contribution < -0.4 is 10.6 Å². The highest BCUT2D eigenvalue weighted by Crippen LogP contribution is 2.12. The van der Waals surface area contributed by atoms with Gasteiger partial charge in [0.2, 0.25) is 5.91 Å². The Labute approximate surface area is 174 Å². The summed E-state index contributed by atoms with van der Waals surface area (Å²) in [7, 11) is 0. The lowest BCUT2D eigenvalue weighted by Crippen LogP contribution is -2.45. The third-order valence-corrected chi connectivity index (χ3v) is 5.48. The van der Waals surface area contributed by atoms with Crippen LogP contribution in [0, 0.1) is 0 Å². The average molecular weight is 402 g/mol. The molecule has 7 nitrogen and oxygen atoms in total. The normalized spacial score (nSPS) is 20.7. The first-order chi connectivity index (χ1) is 14.2. The predicted octanol–water partition coefficient (Wildman–Crippen LogP) is 1.58. The van der Waals surface area contributed by atoms with Crippen molar-refractivity contribution in [2.45, 2.75) is 45.8 Å². The maximum Gasteiger partial charge on any atom is 0.222 e. The number of likely N-dealkylation sites (tertiary alicyclic amines) is 1. The summed E-state index contributed by atoms with van der Waals surface area (Å²) < 4.78 is 5.41. The van der Waals surface area contributed by atoms with E-state index in [-0.39, 0.29) is 11.9 Å². The number of nitrogens with one attached hydrogen (secondary N) is 2. The number of hydrogen-bond acceptors (Lipinski definition) is 4. The van der Waals surface area contributed by atoms with Crippen molar-refractivity contribution >= 4 is 11.9 Å². The van der Waals surface area contributed by atoms with Gasteiger partial charge in [-0.1, -0.05) is 31.2 Å². The number of guanidine groups is 1. The maximum absolute atomic E-state index is 11.9. The Hall–Kier alpha value is -2.12. The molecule has 2 fully saturated rings. The Morgan fingerprint density at radius 2 is 1.86 bits per heavy atom. The molecule has 2 aliphatic rings. The van der Waals surface area contributed by atoms with Crippen LogP contribution in [0.4, 0.5) is 0 Å². The summed E-state index contributed by atoms with van der Waals surface area (Å²) in [5.41, 5.74) is 2.53. The molecule has 0 aliphatic carbocycles. The number of carbonyl (C=O) groups excluding carboxylic acids is 1. The van der Waals surface area contributed by atoms with Gasteiger partial charge in [-0.3, -0.25) is 9.69 Å². The summed E-state index contributed by atoms with van der Waals surface area (Å²) in [6.45, 7) is 11.7. The molecule has 2 N–H and O–H groups in total. The zero-order chi connectivity index (χ0) is 20.5. The van der Waals surface area contributed by atoms with E-state index in [2.05, 4.69) is 46.7 Å². The first kappa shape index (κ1) is 21.6. The minimum atomic E-state index is 0.230. The van der Waals surface area contributed by atoms with Gasteiger partial charge in [0.25, 0.3) is 0 Å². The van der Waals surface area contributed by atoms with E-state index in [9.17, 15) is 4.79 Å². The zero-order valence-corrected chi connectivity index (χ0v) is 17.8. The molecule has 0 saturated carbocycles. The lowest BCUT2D eigenvalue weighted by Gasteiger charge is -2.26. The summed E-state index contributed by atoms with van der Waals surface area (Å²) in [6, 6.07) is 9.00. The van der Waals surface area contributed by atoms with E-state index in [4.69, 9.17) is 9.73 Å². The molecule has 1 aromatic carbocycles. The van der Waals surface area contributed by atoms with E-state index in [0.717, 1.165) is 64.9 Å². The third-order valence-electron chi connectivity index (χ3n) is 5.48. The molecule has 0 spiro atoms. The molecule has 7 heteroatoms. The van der Waals surface area contributed by atoms with Crippen LogP contribution in [0.5, 0.6) is 0 Å². The molecule has 0 radical (unpaired) electrons. The average Bonchev–Trinajstić information content (AvgIpc) is 3.22. The molecule has 1 amide bonds. The molecule has 160 valence electrons. The molecule has 0 bridgehead atoms. The number of carbonyl (C=O) groups is 1. The van der Waals surface area contributed by atoms with Gasteiger partial charge in [0.15, 0.2) is 5.96 Å². The van der Waals surface area contributed by atoms with E-state index >= 15 is 0 Å². The van der Waals surface area contributed by atoms with Crippen molar-refractivity contribution in [2.75, 3.05) is 45.9 Å². The Bertz CT molecular complexity index is 670. The van der Waals surface area contributed by atoms with E-state index in [1.807, 2.05) is 11.8 Å². The van der Waals surface area contributed by atoms with Gasteiger partial charge < -0.3 is 20.3 Å². The summed E-state index contributed by atoms with van der Waals surface area (Å²) in [6.07, 6.45) is 1.54. The van der Waals surface area contributed by atoms with Crippen molar-refractivity contribution in [1.29, 1.82) is 0 Å². The van der Waals surface area contributed by atoms with Crippen molar-refractivity contribution in [3.63, 3.8) is 0 Å². The highest BCUT2D eigenvalue weighted by molar-refractivity contribution is 5.80. The number of nitrogens with zero attached hydrogens (tertiary/aromatic N) is 3. The largest absolute Gasteiger partial charge is 0.379 e. The van der Waals surface area contributed by atoms with Crippen molar-refractivity contribution in [3.05, 3.63) is 35.4 Å². The molecule has 29 heavy (non-hydrogen) atoms. The second-order valence-corrected chi connectivity index (χ2v) is 7.72. The molecule has 2 aliphatic heterocycles. The minimum Gasteiger partial charge on any atom is -0.379 e. The van der Waals surface area contributed by atoms with Gasteiger partial charge in [-0.05, 0) is 24.5 Å². The fourth-order valence-electron chi connectivity index (χ4n) is 3.78. The van der Waals surface area contributed by atoms with Crippen LogP contribution in [-0.2, 0) is 22.6 Å². The second kappa shape index (κ2) is 11.2. The Kier molecular flexibility index (Phi) is 8.31. The molecule has 2 heterocycles. The van der Waals surface area contributed by atoms with Crippen LogP contribution in [0.1, 0.15) is 37.8 Å². The maximum atomic E-state index is 11.9. The van der Waals surface area contributed by atoms with Gasteiger partial charge in [0, 0.05) is 51.7 Å². The van der Waals surface area contributed by atoms with Crippen LogP contribution in [0.25, 0.3) is 0 Å². The smallest absolute Gasteiger partial charge is 0.222 e. The molecular formula is C22H35N5O2. The molecular weight excluding hydrogens is 366 g/mol. The lowest BCUT2D eigenvalue weighted by atomic mass is 10.1. The second-order valence-electron chi connectivity index (χ2n) is 7.72. The van der Waals surface area contributed by atoms with Crippen molar-refractivity contribution in [1.82, 2.24) is 20.4 Å². The van der Waals surface area contributed by atoms with Crippen LogP contribution in [0.15, 0.2) is 29.3 Å². The number of ether oxygens (including phenoxy) is 1. The third kappa shape index (κ3) is 6.72. The Balaban J connectivity index is 1.51. The van der Waals surface area contributed by atoms with Crippen LogP contribution >= 0.6 is 0 Å². The number of morpholine rings is 1. The number of amides is 1. The topological polar surface area (TPSA) is 69.2 Å². The summed E-state index contributed by atoms with van der Waals surface area (Å²) in [4.78, 5) is 21.0. The van der Waals surface area contributed by atoms with Gasteiger partial charge in [0.1, 0.15) is 0 Å². The van der Waals surface area contributed by atoms with Crippen LogP contribution in [0.3, 0.4) is 0 Å². The minimum absolute atomic E-state index is 0.230. The van der Waals surface area contributed by atoms with E-state index < -0.39 is 0 Å². The van der Waals surface area contributed by atoms with Gasteiger partial charge in [-0.25, -0.2) is 4.99 Å². The highest BCUT2D eigenvalue weighted by Gasteiger charge is 2.25. The predicted molar refractivity (Wildman–Crippen MR) is 116 cm³/mol. The van der Waals surface area contributed by atoms with E-state index in [0.29, 0.717) is 13.0 Å². The van der Waals surface area contributed by atoms with Gasteiger partial charge in [-0.15, -0.1) is 0 Å². The van der Waals surface area contributed by atoms with Crippen LogP contribution in [0.2, 0.25) is 0 Å². The number of hydrogen-bond donors (Lipinski definition) is 2. The fraction of sp³-hybridized carbons (Fsp3) is 0.636. The Morgan fingerprint density at radius 1 is 1.14 bits per heavy atom. The molecule has 3 rings (SSSR count). The van der Waals surface area contributed by atoms with Gasteiger partial charge >= 0.3 is 0 Å². The highest BCUT2D eigenvalue weighted by atomic mass is 16.5. The molecule has 2 saturated heterocycles. The number of benzene rings is 1. The molecule has 1 atom stereocenters. The summed E-state index contributed by atoms with van der Waals surface area (Å²) >= 11 is 0. The summed E-state index contributed by atoms with van der Waals surface area (Å²) in [5.74, 6) is 1.05. The Morgan fingerprint density at radius 3 is 2.55 bits per heavy atom. The van der Waals surface area contributed by atoms with Crippen molar-refractivity contribution < 1.29 is 9.53 Å². The van der Waals surface area contributed by atoms with Crippen LogP contribution in [-0.4, -0.2) is 73.6 Å². The van der Waals surface area contributed by atoms with Gasteiger partial charge in [-0.2, -0.15) is 0 Å². The quantitative estimate of drug-likeness (QED) is 0.536. The van der Waals surface area contributed by atoms with Gasteiger partial charge in [0.05, 0.1) is 19.8 Å².